The first-order chi connectivity index (χ1) is 18.1. The third-order valence-corrected chi connectivity index (χ3v) is 6.17. The Hall–Kier alpha value is -4.19. The average molecular weight is 530 g/mol. The van der Waals surface area contributed by atoms with E-state index in [9.17, 15) is 27.5 Å². The van der Waals surface area contributed by atoms with Crippen molar-refractivity contribution in [2.24, 2.45) is 0 Å². The number of rotatable bonds is 6. The van der Waals surface area contributed by atoms with Gasteiger partial charge in [0.15, 0.2) is 0 Å². The molecule has 2 aromatic carbocycles. The largest absolute Gasteiger partial charge is 0.573 e. The fourth-order valence-electron chi connectivity index (χ4n) is 4.25. The number of halogens is 4. The summed E-state index contributed by atoms with van der Waals surface area (Å²) >= 11 is 0. The molecule has 1 fully saturated rings. The van der Waals surface area contributed by atoms with E-state index in [4.69, 9.17) is 4.52 Å². The summed E-state index contributed by atoms with van der Waals surface area (Å²) in [6.07, 6.45) is -2.52. The van der Waals surface area contributed by atoms with E-state index in [1.807, 2.05) is 4.90 Å². The fraction of sp³-hybridized carbons (Fsp3) is 0.269. The minimum Gasteiger partial charge on any atom is -0.406 e. The zero-order chi connectivity index (χ0) is 26.9. The summed E-state index contributed by atoms with van der Waals surface area (Å²) in [4.78, 5) is 18.7. The number of nitrogens with zero attached hydrogens (tertiary/aromatic N) is 4. The van der Waals surface area contributed by atoms with E-state index >= 15 is 0 Å². The van der Waals surface area contributed by atoms with Crippen LogP contribution in [0.25, 0.3) is 22.8 Å². The fourth-order valence-corrected chi connectivity index (χ4v) is 4.25. The van der Waals surface area contributed by atoms with Gasteiger partial charge in [-0.1, -0.05) is 11.2 Å². The van der Waals surface area contributed by atoms with Gasteiger partial charge in [0.25, 0.3) is 11.4 Å². The molecular formula is C26H22F4N4O4. The van der Waals surface area contributed by atoms with Gasteiger partial charge in [-0.3, -0.25) is 4.79 Å². The van der Waals surface area contributed by atoms with Gasteiger partial charge in [0.05, 0.1) is 23.9 Å². The number of aromatic nitrogens is 3. The first-order valence-corrected chi connectivity index (χ1v) is 11.8. The topological polar surface area (TPSA) is 93.6 Å². The van der Waals surface area contributed by atoms with Crippen LogP contribution < -0.4 is 15.2 Å². The molecule has 1 aliphatic rings. The Morgan fingerprint density at radius 2 is 1.74 bits per heavy atom. The van der Waals surface area contributed by atoms with Crippen LogP contribution in [-0.2, 0) is 6.54 Å². The van der Waals surface area contributed by atoms with Gasteiger partial charge in [-0.15, -0.1) is 13.2 Å². The Kier molecular flexibility index (Phi) is 6.89. The van der Waals surface area contributed by atoms with Gasteiger partial charge < -0.3 is 23.8 Å². The van der Waals surface area contributed by atoms with Gasteiger partial charge in [-0.05, 0) is 60.9 Å². The number of pyridine rings is 1. The first kappa shape index (κ1) is 25.5. The van der Waals surface area contributed by atoms with Crippen LogP contribution in [0.15, 0.2) is 70.1 Å². The van der Waals surface area contributed by atoms with E-state index in [0.29, 0.717) is 48.3 Å². The second-order valence-electron chi connectivity index (χ2n) is 8.88. The van der Waals surface area contributed by atoms with Crippen molar-refractivity contribution in [2.75, 3.05) is 18.0 Å². The maximum Gasteiger partial charge on any atom is 0.573 e. The lowest BCUT2D eigenvalue weighted by molar-refractivity contribution is -0.274. The summed E-state index contributed by atoms with van der Waals surface area (Å²) in [7, 11) is 0. The molecule has 3 heterocycles. The second kappa shape index (κ2) is 10.3. The van der Waals surface area contributed by atoms with Crippen molar-refractivity contribution < 1.29 is 31.9 Å². The molecule has 0 aliphatic carbocycles. The minimum absolute atomic E-state index is 0.107. The molecule has 1 N–H and O–H groups in total. The molecule has 0 unspecified atom stereocenters. The summed E-state index contributed by atoms with van der Waals surface area (Å²) in [5, 5.41) is 13.6. The van der Waals surface area contributed by atoms with E-state index in [-0.39, 0.29) is 41.5 Å². The monoisotopic (exact) mass is 530 g/mol. The number of hydrogen-bond donors (Lipinski definition) is 1. The van der Waals surface area contributed by atoms with Crippen LogP contribution in [0.4, 0.5) is 23.2 Å². The highest BCUT2D eigenvalue weighted by Crippen LogP contribution is 2.28. The number of aliphatic hydroxyl groups excluding tert-OH is 1. The molecule has 4 aromatic rings. The lowest BCUT2D eigenvalue weighted by atomic mass is 10.1. The molecule has 0 saturated carbocycles. The normalized spacial score (nSPS) is 14.6. The van der Waals surface area contributed by atoms with E-state index in [2.05, 4.69) is 14.9 Å². The molecule has 198 valence electrons. The summed E-state index contributed by atoms with van der Waals surface area (Å²) in [5.74, 6) is -0.497. The molecule has 1 saturated heterocycles. The van der Waals surface area contributed by atoms with E-state index in [1.165, 1.54) is 34.9 Å². The lowest BCUT2D eigenvalue weighted by Crippen LogP contribution is -2.36. The van der Waals surface area contributed by atoms with Crippen molar-refractivity contribution in [3.05, 3.63) is 82.5 Å². The number of hydrogen-bond acceptors (Lipinski definition) is 7. The van der Waals surface area contributed by atoms with Crippen LogP contribution in [0.1, 0.15) is 18.4 Å². The van der Waals surface area contributed by atoms with Gasteiger partial charge in [0, 0.05) is 30.9 Å². The Labute approximate surface area is 213 Å². The van der Waals surface area contributed by atoms with E-state index in [0.717, 1.165) is 12.1 Å². The Balaban J connectivity index is 1.35. The van der Waals surface area contributed by atoms with Crippen molar-refractivity contribution >= 4 is 5.69 Å². The molecule has 5 rings (SSSR count). The lowest BCUT2D eigenvalue weighted by Gasteiger charge is -2.32. The molecule has 12 heteroatoms. The zero-order valence-corrected chi connectivity index (χ0v) is 19.9. The highest BCUT2D eigenvalue weighted by molar-refractivity contribution is 5.60. The molecule has 0 spiro atoms. The maximum atomic E-state index is 14.5. The Morgan fingerprint density at radius 3 is 2.45 bits per heavy atom. The number of anilines is 1. The maximum absolute atomic E-state index is 14.5. The SMILES string of the molecule is O=c1ccc(-c2nc(-c3ccc(OC(F)(F)F)cc3)no2)cn1Cc1ccc(F)c(N2CCC(O)CC2)c1. The Morgan fingerprint density at radius 1 is 1.03 bits per heavy atom. The van der Waals surface area contributed by atoms with Gasteiger partial charge in [-0.25, -0.2) is 4.39 Å². The molecule has 0 atom stereocenters. The summed E-state index contributed by atoms with van der Waals surface area (Å²) in [6, 6.07) is 12.5. The molecule has 0 bridgehead atoms. The predicted molar refractivity (Wildman–Crippen MR) is 129 cm³/mol. The summed E-state index contributed by atoms with van der Waals surface area (Å²) in [5.41, 5.74) is 1.70. The van der Waals surface area contributed by atoms with Crippen molar-refractivity contribution in [3.8, 4) is 28.6 Å². The van der Waals surface area contributed by atoms with Crippen LogP contribution in [0.5, 0.6) is 5.75 Å². The number of ether oxygens (including phenoxy) is 1. The smallest absolute Gasteiger partial charge is 0.406 e. The molecule has 8 nitrogen and oxygen atoms in total. The van der Waals surface area contributed by atoms with Gasteiger partial charge >= 0.3 is 6.36 Å². The molecule has 38 heavy (non-hydrogen) atoms. The van der Waals surface area contributed by atoms with E-state index < -0.39 is 6.36 Å². The zero-order valence-electron chi connectivity index (χ0n) is 19.9. The van der Waals surface area contributed by atoms with Crippen molar-refractivity contribution in [2.45, 2.75) is 31.9 Å². The van der Waals surface area contributed by atoms with Crippen molar-refractivity contribution in [1.29, 1.82) is 0 Å². The van der Waals surface area contributed by atoms with Gasteiger partial charge in [0.1, 0.15) is 11.6 Å². The quantitative estimate of drug-likeness (QED) is 0.364. The molecule has 2 aromatic heterocycles. The van der Waals surface area contributed by atoms with Crippen LogP contribution >= 0.6 is 0 Å². The van der Waals surface area contributed by atoms with Crippen molar-refractivity contribution in [1.82, 2.24) is 14.7 Å². The average Bonchev–Trinajstić information content (AvgIpc) is 3.37. The third-order valence-electron chi connectivity index (χ3n) is 6.17. The minimum atomic E-state index is -4.80. The molecular weight excluding hydrogens is 508 g/mol. The first-order valence-electron chi connectivity index (χ1n) is 11.8. The highest BCUT2D eigenvalue weighted by Gasteiger charge is 2.31. The third kappa shape index (κ3) is 5.86. The van der Waals surface area contributed by atoms with E-state index in [1.54, 1.807) is 18.3 Å². The van der Waals surface area contributed by atoms with Gasteiger partial charge in [-0.2, -0.15) is 4.98 Å². The van der Waals surface area contributed by atoms with Crippen LogP contribution in [-0.4, -0.2) is 45.4 Å². The molecule has 1 aliphatic heterocycles. The summed E-state index contributed by atoms with van der Waals surface area (Å²) < 4.78 is 62.3. The number of piperidine rings is 1. The van der Waals surface area contributed by atoms with Crippen LogP contribution in [0, 0.1) is 5.82 Å². The van der Waals surface area contributed by atoms with Crippen molar-refractivity contribution in [3.63, 3.8) is 0 Å². The highest BCUT2D eigenvalue weighted by atomic mass is 19.4. The van der Waals surface area contributed by atoms with Crippen LogP contribution in [0.3, 0.4) is 0 Å². The van der Waals surface area contributed by atoms with Gasteiger partial charge in [0.2, 0.25) is 5.82 Å². The number of benzene rings is 2. The molecule has 0 radical (unpaired) electrons. The number of alkyl halides is 3. The Bertz CT molecular complexity index is 1480. The number of aliphatic hydroxyl groups is 1. The standard InChI is InChI=1S/C26H22F4N4O4/c27-21-7-1-16(13-22(21)33-11-9-19(35)10-12-33)14-34-15-18(4-8-23(34)36)25-31-24(32-38-25)17-2-5-20(6-3-17)37-26(28,29)30/h1-8,13,15,19,35H,9-12,14H2. The summed E-state index contributed by atoms with van der Waals surface area (Å²) in [6.45, 7) is 1.24. The molecule has 0 amide bonds. The predicted octanol–water partition coefficient (Wildman–Crippen LogP) is 4.61. The second-order valence-corrected chi connectivity index (χ2v) is 8.88. The van der Waals surface area contributed by atoms with Crippen LogP contribution in [0.2, 0.25) is 0 Å².